The monoisotopic (exact) mass is 232 g/mol. The molecule has 3 nitrogen and oxygen atoms in total. The molecule has 1 N–H and O–H groups in total. The molecule has 1 aromatic rings. The minimum Gasteiger partial charge on any atom is -0.350 e. The molecule has 0 unspecified atom stereocenters. The third kappa shape index (κ3) is 2.87. The Morgan fingerprint density at radius 1 is 1.29 bits per heavy atom. The van der Waals surface area contributed by atoms with E-state index in [1.165, 1.54) is 12.1 Å². The van der Waals surface area contributed by atoms with Crippen molar-refractivity contribution in [1.82, 2.24) is 5.32 Å². The summed E-state index contributed by atoms with van der Waals surface area (Å²) < 4.78 is 0. The van der Waals surface area contributed by atoms with Gasteiger partial charge in [0.25, 0.3) is 5.91 Å². The van der Waals surface area contributed by atoms with Gasteiger partial charge in [0.05, 0.1) is 16.7 Å². The van der Waals surface area contributed by atoms with Gasteiger partial charge in [-0.05, 0) is 18.2 Å². The number of hydrogen-bond donors (Lipinski definition) is 1. The Balaban J connectivity index is 2.76. The van der Waals surface area contributed by atoms with E-state index in [0.717, 1.165) is 0 Å². The van der Waals surface area contributed by atoms with Crippen LogP contribution in [0.25, 0.3) is 0 Å². The molecule has 0 heterocycles. The Labute approximate surface area is 91.6 Å². The summed E-state index contributed by atoms with van der Waals surface area (Å²) in [5, 5.41) is 13.3. The quantitative estimate of drug-likeness (QED) is 0.854. The van der Waals surface area contributed by atoms with Crippen LogP contribution in [-0.2, 0) is 5.11 Å². The van der Waals surface area contributed by atoms with Crippen molar-refractivity contribution < 1.29 is 9.90 Å². The van der Waals surface area contributed by atoms with Crippen LogP contribution in [0.15, 0.2) is 18.2 Å². The molecule has 1 amide bonds. The molecule has 1 rings (SSSR count). The van der Waals surface area contributed by atoms with Gasteiger partial charge in [-0.2, -0.15) is 0 Å². The fourth-order valence-corrected chi connectivity index (χ4v) is 1.20. The Morgan fingerprint density at radius 2 is 2.00 bits per heavy atom. The van der Waals surface area contributed by atoms with Gasteiger partial charge in [-0.3, -0.25) is 4.79 Å². The highest BCUT2D eigenvalue weighted by Gasteiger charge is 2.06. The number of nitrogens with one attached hydrogen (secondary N) is 1. The molecule has 0 atom stereocenters. The molecule has 5 heteroatoms. The second-order valence-corrected chi connectivity index (χ2v) is 3.40. The zero-order valence-corrected chi connectivity index (χ0v) is 8.73. The molecule has 0 saturated heterocycles. The second kappa shape index (κ2) is 5.20. The maximum absolute atomic E-state index is 11.3. The molecule has 0 aromatic heterocycles. The van der Waals surface area contributed by atoms with Gasteiger partial charge < -0.3 is 5.32 Å². The van der Waals surface area contributed by atoms with Crippen LogP contribution in [0, 0.1) is 0 Å². The molecule has 0 aliphatic carbocycles. The average Bonchev–Trinajstić information content (AvgIpc) is 2.18. The van der Waals surface area contributed by atoms with Crippen LogP contribution < -0.4 is 5.32 Å². The summed E-state index contributed by atoms with van der Waals surface area (Å²) in [6, 6.07) is 4.55. The number of rotatable bonds is 3. The molecule has 0 saturated carbocycles. The van der Waals surface area contributed by atoms with Crippen LogP contribution in [-0.4, -0.2) is 19.1 Å². The normalized spacial score (nSPS) is 9.93. The standard InChI is InChI=1S/C9H8Cl2NO2/c10-7-2-1-6(5-8(7)11)9(14)12-3-4-13/h1-2,5H,3-4H2,(H,12,14). The molecule has 75 valence electrons. The zero-order chi connectivity index (χ0) is 10.6. The van der Waals surface area contributed by atoms with Crippen LogP contribution in [0.2, 0.25) is 10.0 Å². The van der Waals surface area contributed by atoms with Crippen LogP contribution in [0.4, 0.5) is 0 Å². The number of benzene rings is 1. The van der Waals surface area contributed by atoms with E-state index in [1.54, 1.807) is 6.07 Å². The molecule has 1 aromatic carbocycles. The molecule has 0 aliphatic rings. The van der Waals surface area contributed by atoms with Crippen LogP contribution in [0.3, 0.4) is 0 Å². The van der Waals surface area contributed by atoms with E-state index >= 15 is 0 Å². The largest absolute Gasteiger partial charge is 0.350 e. The van der Waals surface area contributed by atoms with E-state index in [1.807, 2.05) is 0 Å². The SMILES string of the molecule is [O]CCNC(=O)c1ccc(Cl)c(Cl)c1. The second-order valence-electron chi connectivity index (χ2n) is 2.59. The van der Waals surface area contributed by atoms with Crippen molar-refractivity contribution in [2.45, 2.75) is 0 Å². The lowest BCUT2D eigenvalue weighted by atomic mass is 10.2. The predicted molar refractivity (Wildman–Crippen MR) is 54.3 cm³/mol. The highest BCUT2D eigenvalue weighted by Crippen LogP contribution is 2.22. The fourth-order valence-electron chi connectivity index (χ4n) is 0.904. The summed E-state index contributed by atoms with van der Waals surface area (Å²) in [4.78, 5) is 11.3. The Morgan fingerprint density at radius 3 is 2.57 bits per heavy atom. The van der Waals surface area contributed by atoms with Gasteiger partial charge in [0.2, 0.25) is 0 Å². The molecule has 0 fully saturated rings. The molecule has 14 heavy (non-hydrogen) atoms. The van der Waals surface area contributed by atoms with Crippen molar-refractivity contribution >= 4 is 29.1 Å². The van der Waals surface area contributed by atoms with Crippen LogP contribution >= 0.6 is 23.2 Å². The molecular weight excluding hydrogens is 225 g/mol. The van der Waals surface area contributed by atoms with Crippen molar-refractivity contribution in [3.05, 3.63) is 33.8 Å². The summed E-state index contributed by atoms with van der Waals surface area (Å²) in [7, 11) is 0. The Kier molecular flexibility index (Phi) is 4.20. The molecule has 1 radical (unpaired) electrons. The van der Waals surface area contributed by atoms with E-state index in [0.29, 0.717) is 15.6 Å². The first-order valence-corrected chi connectivity index (χ1v) is 4.72. The summed E-state index contributed by atoms with van der Waals surface area (Å²) in [5.74, 6) is -0.320. The van der Waals surface area contributed by atoms with Gasteiger partial charge >= 0.3 is 0 Å². The minimum atomic E-state index is -0.340. The highest BCUT2D eigenvalue weighted by atomic mass is 35.5. The number of carbonyl (C=O) groups excluding carboxylic acids is 1. The first-order valence-electron chi connectivity index (χ1n) is 3.96. The maximum atomic E-state index is 11.3. The first-order chi connectivity index (χ1) is 6.65. The number of halogens is 2. The van der Waals surface area contributed by atoms with Crippen molar-refractivity contribution in [1.29, 1.82) is 0 Å². The number of carbonyl (C=O) groups is 1. The molecular formula is C9H8Cl2NO2. The van der Waals surface area contributed by atoms with E-state index < -0.39 is 0 Å². The van der Waals surface area contributed by atoms with Gasteiger partial charge in [0.15, 0.2) is 0 Å². The van der Waals surface area contributed by atoms with E-state index in [9.17, 15) is 9.90 Å². The molecule has 0 bridgehead atoms. The summed E-state index contributed by atoms with van der Waals surface area (Å²) in [6.45, 7) is -0.230. The third-order valence-electron chi connectivity index (χ3n) is 1.57. The van der Waals surface area contributed by atoms with Gasteiger partial charge in [0, 0.05) is 12.1 Å². The van der Waals surface area contributed by atoms with Gasteiger partial charge in [-0.1, -0.05) is 23.2 Å². The number of amides is 1. The summed E-state index contributed by atoms with van der Waals surface area (Å²) in [5.41, 5.74) is 0.396. The van der Waals surface area contributed by atoms with E-state index in [2.05, 4.69) is 5.32 Å². The number of hydrogen-bond acceptors (Lipinski definition) is 1. The average molecular weight is 233 g/mol. The lowest BCUT2D eigenvalue weighted by molar-refractivity contribution is 0.0933. The van der Waals surface area contributed by atoms with Gasteiger partial charge in [-0.15, -0.1) is 0 Å². The topological polar surface area (TPSA) is 49.0 Å². The highest BCUT2D eigenvalue weighted by molar-refractivity contribution is 6.42. The van der Waals surface area contributed by atoms with Crippen LogP contribution in [0.1, 0.15) is 10.4 Å². The van der Waals surface area contributed by atoms with Crippen molar-refractivity contribution in [2.24, 2.45) is 0 Å². The zero-order valence-electron chi connectivity index (χ0n) is 7.22. The molecule has 0 spiro atoms. The minimum absolute atomic E-state index is 0.110. The summed E-state index contributed by atoms with van der Waals surface area (Å²) in [6.07, 6.45) is 0. The van der Waals surface area contributed by atoms with Crippen molar-refractivity contribution in [2.75, 3.05) is 13.2 Å². The van der Waals surface area contributed by atoms with Crippen molar-refractivity contribution in [3.63, 3.8) is 0 Å². The lowest BCUT2D eigenvalue weighted by Crippen LogP contribution is -2.25. The Bertz CT molecular complexity index is 342. The third-order valence-corrected chi connectivity index (χ3v) is 2.31. The Hall–Kier alpha value is -0.770. The van der Waals surface area contributed by atoms with E-state index in [-0.39, 0.29) is 19.1 Å². The van der Waals surface area contributed by atoms with Crippen LogP contribution in [0.5, 0.6) is 0 Å². The van der Waals surface area contributed by atoms with Gasteiger partial charge in [-0.25, -0.2) is 5.11 Å². The smallest absolute Gasteiger partial charge is 0.251 e. The molecule has 0 aliphatic heterocycles. The maximum Gasteiger partial charge on any atom is 0.251 e. The summed E-state index contributed by atoms with van der Waals surface area (Å²) >= 11 is 11.4. The fraction of sp³-hybridized carbons (Fsp3) is 0.222. The lowest BCUT2D eigenvalue weighted by Gasteiger charge is -2.03. The first kappa shape index (κ1) is 11.3. The van der Waals surface area contributed by atoms with E-state index in [4.69, 9.17) is 23.2 Å². The predicted octanol–water partition coefficient (Wildman–Crippen LogP) is 2.15. The van der Waals surface area contributed by atoms with Crippen molar-refractivity contribution in [3.8, 4) is 0 Å². The van der Waals surface area contributed by atoms with Gasteiger partial charge in [0.1, 0.15) is 0 Å².